The summed E-state index contributed by atoms with van der Waals surface area (Å²) in [5.41, 5.74) is 9.28. The van der Waals surface area contributed by atoms with Crippen LogP contribution in [0.15, 0.2) is 30.6 Å². The highest BCUT2D eigenvalue weighted by atomic mass is 15.3. The van der Waals surface area contributed by atoms with E-state index in [0.717, 1.165) is 19.5 Å². The summed E-state index contributed by atoms with van der Waals surface area (Å²) < 4.78 is 0. The number of nitrogen functional groups attached to an aromatic ring is 1. The molecule has 120 valence electrons. The molecule has 7 nitrogen and oxygen atoms in total. The third-order valence-electron chi connectivity index (χ3n) is 4.09. The molecule has 3 rings (SSSR count). The van der Waals surface area contributed by atoms with Crippen molar-refractivity contribution in [1.29, 1.82) is 10.5 Å². The molecule has 0 spiro atoms. The molecule has 0 radical (unpaired) electrons. The molecular formula is C17H17N7. The van der Waals surface area contributed by atoms with E-state index in [-0.39, 0.29) is 13.1 Å². The van der Waals surface area contributed by atoms with Crippen LogP contribution in [0, 0.1) is 22.7 Å². The molecule has 0 fully saturated rings. The van der Waals surface area contributed by atoms with E-state index in [1.165, 1.54) is 17.5 Å². The number of fused-ring (bicyclic) bond motifs is 1. The van der Waals surface area contributed by atoms with E-state index < -0.39 is 0 Å². The van der Waals surface area contributed by atoms with Gasteiger partial charge in [-0.2, -0.15) is 10.5 Å². The van der Waals surface area contributed by atoms with Crippen LogP contribution in [0.5, 0.6) is 0 Å². The zero-order valence-corrected chi connectivity index (χ0v) is 13.2. The molecule has 1 aromatic heterocycles. The van der Waals surface area contributed by atoms with Crippen molar-refractivity contribution in [1.82, 2.24) is 9.97 Å². The third-order valence-corrected chi connectivity index (χ3v) is 4.09. The summed E-state index contributed by atoms with van der Waals surface area (Å²) in [7, 11) is 0. The fourth-order valence-corrected chi connectivity index (χ4v) is 2.93. The molecule has 0 unspecified atom stereocenters. The van der Waals surface area contributed by atoms with Gasteiger partial charge in [-0.25, -0.2) is 9.97 Å². The zero-order chi connectivity index (χ0) is 16.9. The van der Waals surface area contributed by atoms with Gasteiger partial charge in [0.2, 0.25) is 0 Å². The van der Waals surface area contributed by atoms with Crippen molar-refractivity contribution in [2.24, 2.45) is 0 Å². The molecule has 0 saturated heterocycles. The number of nitrogens with zero attached hydrogens (tertiary/aromatic N) is 6. The van der Waals surface area contributed by atoms with Crippen molar-refractivity contribution in [3.8, 4) is 12.1 Å². The molecule has 24 heavy (non-hydrogen) atoms. The van der Waals surface area contributed by atoms with Gasteiger partial charge in [-0.15, -0.1) is 0 Å². The topological polar surface area (TPSA) is 106 Å². The van der Waals surface area contributed by atoms with Gasteiger partial charge in [0.15, 0.2) is 11.6 Å². The number of hydrogen-bond acceptors (Lipinski definition) is 7. The molecule has 1 aromatic carbocycles. The molecule has 1 aliphatic heterocycles. The second-order valence-electron chi connectivity index (χ2n) is 5.55. The van der Waals surface area contributed by atoms with E-state index in [1.54, 1.807) is 4.90 Å². The Morgan fingerprint density at radius 2 is 1.83 bits per heavy atom. The maximum absolute atomic E-state index is 8.95. The molecule has 7 heteroatoms. The normalized spacial score (nSPS) is 12.8. The van der Waals surface area contributed by atoms with Gasteiger partial charge in [-0.1, -0.05) is 24.3 Å². The van der Waals surface area contributed by atoms with Gasteiger partial charge < -0.3 is 15.5 Å². The Hall–Kier alpha value is -3.32. The van der Waals surface area contributed by atoms with Gasteiger partial charge in [-0.05, 0) is 17.5 Å². The largest absolute Gasteiger partial charge is 0.393 e. The first-order valence-corrected chi connectivity index (χ1v) is 7.65. The Labute approximate surface area is 140 Å². The summed E-state index contributed by atoms with van der Waals surface area (Å²) in [6.45, 7) is 1.65. The number of rotatable bonds is 4. The highest BCUT2D eigenvalue weighted by molar-refractivity contribution is 5.76. The van der Waals surface area contributed by atoms with E-state index in [9.17, 15) is 0 Å². The predicted molar refractivity (Wildman–Crippen MR) is 91.1 cm³/mol. The van der Waals surface area contributed by atoms with E-state index in [1.807, 2.05) is 24.3 Å². The Morgan fingerprint density at radius 1 is 1.12 bits per heavy atom. The average molecular weight is 319 g/mol. The summed E-state index contributed by atoms with van der Waals surface area (Å²) in [5, 5.41) is 17.9. The minimum atomic E-state index is 0.0526. The highest BCUT2D eigenvalue weighted by Gasteiger charge is 2.22. The number of nitriles is 2. The minimum Gasteiger partial charge on any atom is -0.393 e. The first kappa shape index (κ1) is 15.6. The van der Waals surface area contributed by atoms with Crippen LogP contribution in [0.25, 0.3) is 0 Å². The average Bonchev–Trinajstić information content (AvgIpc) is 2.61. The van der Waals surface area contributed by atoms with Crippen LogP contribution in [-0.2, 0) is 13.0 Å². The number of anilines is 3. The Bertz CT molecular complexity index is 802. The predicted octanol–water partition coefficient (Wildman–Crippen LogP) is 1.48. The van der Waals surface area contributed by atoms with Gasteiger partial charge >= 0.3 is 0 Å². The van der Waals surface area contributed by atoms with E-state index in [2.05, 4.69) is 27.0 Å². The fraction of sp³-hybridized carbons (Fsp3) is 0.294. The van der Waals surface area contributed by atoms with Crippen molar-refractivity contribution in [2.75, 3.05) is 35.2 Å². The molecule has 0 atom stereocenters. The van der Waals surface area contributed by atoms with Crippen molar-refractivity contribution >= 4 is 17.3 Å². The summed E-state index contributed by atoms with van der Waals surface area (Å²) in [4.78, 5) is 12.2. The summed E-state index contributed by atoms with van der Waals surface area (Å²) in [6, 6.07) is 12.4. The molecule has 0 amide bonds. The lowest BCUT2D eigenvalue weighted by molar-refractivity contribution is 0.720. The molecule has 2 aromatic rings. The van der Waals surface area contributed by atoms with Crippen molar-refractivity contribution in [2.45, 2.75) is 13.0 Å². The third kappa shape index (κ3) is 2.92. The zero-order valence-electron chi connectivity index (χ0n) is 13.2. The lowest BCUT2D eigenvalue weighted by Crippen LogP contribution is -2.33. The summed E-state index contributed by atoms with van der Waals surface area (Å²) >= 11 is 0. The lowest BCUT2D eigenvalue weighted by atomic mass is 10.00. The molecule has 0 saturated carbocycles. The number of benzene rings is 1. The monoisotopic (exact) mass is 319 g/mol. The molecule has 2 heterocycles. The maximum atomic E-state index is 8.95. The molecule has 0 aliphatic carbocycles. The standard InChI is InChI=1S/C17H17N7/c18-6-9-23(10-7-19)16-15(20)17(22-12-21-16)24-8-5-13-3-1-2-4-14(13)11-24/h1-4,12H,5,8-11,20H2. The lowest BCUT2D eigenvalue weighted by Gasteiger charge is -2.31. The first-order valence-electron chi connectivity index (χ1n) is 7.65. The van der Waals surface area contributed by atoms with Crippen LogP contribution >= 0.6 is 0 Å². The summed E-state index contributed by atoms with van der Waals surface area (Å²) in [5.74, 6) is 1.08. The van der Waals surface area contributed by atoms with Crippen molar-refractivity contribution in [3.63, 3.8) is 0 Å². The van der Waals surface area contributed by atoms with Crippen LogP contribution in [-0.4, -0.2) is 29.6 Å². The van der Waals surface area contributed by atoms with Gasteiger partial charge in [0.1, 0.15) is 25.1 Å². The van der Waals surface area contributed by atoms with Crippen LogP contribution in [0.4, 0.5) is 17.3 Å². The Kier molecular flexibility index (Phi) is 4.44. The van der Waals surface area contributed by atoms with Gasteiger partial charge in [0.25, 0.3) is 0 Å². The number of aromatic nitrogens is 2. The first-order chi connectivity index (χ1) is 11.7. The van der Waals surface area contributed by atoms with Crippen LogP contribution < -0.4 is 15.5 Å². The van der Waals surface area contributed by atoms with Gasteiger partial charge in [-0.3, -0.25) is 0 Å². The minimum absolute atomic E-state index is 0.0526. The fourth-order valence-electron chi connectivity index (χ4n) is 2.93. The van der Waals surface area contributed by atoms with Crippen LogP contribution in [0.1, 0.15) is 11.1 Å². The van der Waals surface area contributed by atoms with Gasteiger partial charge in [0.05, 0.1) is 12.1 Å². The molecule has 2 N–H and O–H groups in total. The SMILES string of the molecule is N#CCN(CC#N)c1ncnc(N2CCc3ccccc3C2)c1N. The molecule has 0 bridgehead atoms. The van der Waals surface area contributed by atoms with Crippen molar-refractivity contribution in [3.05, 3.63) is 41.7 Å². The van der Waals surface area contributed by atoms with Crippen LogP contribution in [0.3, 0.4) is 0 Å². The number of hydrogen-bond donors (Lipinski definition) is 1. The van der Waals surface area contributed by atoms with Crippen LogP contribution in [0.2, 0.25) is 0 Å². The smallest absolute Gasteiger partial charge is 0.159 e. The Balaban J connectivity index is 1.92. The molecule has 1 aliphatic rings. The Morgan fingerprint density at radius 3 is 2.54 bits per heavy atom. The second kappa shape index (κ2) is 6.84. The quantitative estimate of drug-likeness (QED) is 0.851. The van der Waals surface area contributed by atoms with E-state index >= 15 is 0 Å². The van der Waals surface area contributed by atoms with Crippen molar-refractivity contribution < 1.29 is 0 Å². The number of nitrogens with two attached hydrogens (primary N) is 1. The maximum Gasteiger partial charge on any atom is 0.159 e. The van der Waals surface area contributed by atoms with E-state index in [0.29, 0.717) is 17.3 Å². The summed E-state index contributed by atoms with van der Waals surface area (Å²) in [6.07, 6.45) is 2.36. The second-order valence-corrected chi connectivity index (χ2v) is 5.55. The van der Waals surface area contributed by atoms with Gasteiger partial charge in [0, 0.05) is 13.1 Å². The highest BCUT2D eigenvalue weighted by Crippen LogP contribution is 2.31. The van der Waals surface area contributed by atoms with E-state index in [4.69, 9.17) is 16.3 Å². The molecular weight excluding hydrogens is 302 g/mol.